The first-order valence-corrected chi connectivity index (χ1v) is 16.4. The zero-order valence-electron chi connectivity index (χ0n) is 14.1. The summed E-state index contributed by atoms with van der Waals surface area (Å²) in [6.45, 7) is 10.7. The van der Waals surface area contributed by atoms with Crippen molar-refractivity contribution in [3.05, 3.63) is 12.7 Å². The van der Waals surface area contributed by atoms with Crippen LogP contribution in [0.5, 0.6) is 0 Å². The van der Waals surface area contributed by atoms with Gasteiger partial charge in [0.2, 0.25) is 0 Å². The average molecular weight is 384 g/mol. The van der Waals surface area contributed by atoms with Crippen LogP contribution in [0.1, 0.15) is 72.1 Å². The van der Waals surface area contributed by atoms with Gasteiger partial charge < -0.3 is 0 Å². The third-order valence-electron chi connectivity index (χ3n) is 4.64. The molecular weight excluding hydrogens is 349 g/mol. The van der Waals surface area contributed by atoms with Gasteiger partial charge in [0, 0.05) is 0 Å². The Hall–Kier alpha value is 0.0287. The van der Waals surface area contributed by atoms with Crippen molar-refractivity contribution in [2.45, 2.75) is 89.4 Å². The Labute approximate surface area is 131 Å². The molecule has 0 fully saturated rings. The van der Waals surface area contributed by atoms with Crippen LogP contribution in [0.3, 0.4) is 0 Å². The summed E-state index contributed by atoms with van der Waals surface area (Å²) < 4.78 is 4.76. The van der Waals surface area contributed by atoms with Crippen LogP contribution in [0.15, 0.2) is 12.7 Å². The summed E-state index contributed by atoms with van der Waals surface area (Å²) in [5.74, 6) is 0. The van der Waals surface area contributed by atoms with E-state index < -0.39 is 18.4 Å². The first kappa shape index (κ1) is 20.0. The van der Waals surface area contributed by atoms with Gasteiger partial charge in [-0.1, -0.05) is 0 Å². The van der Waals surface area contributed by atoms with Crippen molar-refractivity contribution in [2.75, 3.05) is 0 Å². The Balaban J connectivity index is 5.06. The van der Waals surface area contributed by atoms with Gasteiger partial charge in [-0.25, -0.2) is 0 Å². The molecule has 1 unspecified atom stereocenters. The molecule has 0 N–H and O–H groups in total. The van der Waals surface area contributed by atoms with Crippen LogP contribution in [0, 0.1) is 11.3 Å². The van der Waals surface area contributed by atoms with Gasteiger partial charge in [-0.2, -0.15) is 0 Å². The van der Waals surface area contributed by atoms with Crippen molar-refractivity contribution in [3.63, 3.8) is 0 Å². The molecule has 0 aliphatic heterocycles. The molecule has 0 aromatic heterocycles. The molecule has 0 aliphatic carbocycles. The average Bonchev–Trinajstić information content (AvgIpc) is 2.48. The summed E-state index contributed by atoms with van der Waals surface area (Å²) >= 11 is -2.30. The van der Waals surface area contributed by atoms with E-state index in [0.29, 0.717) is 3.93 Å². The predicted octanol–water partition coefficient (Wildman–Crippen LogP) is 6.70. The van der Waals surface area contributed by atoms with Crippen molar-refractivity contribution in [1.29, 1.82) is 5.26 Å². The second kappa shape index (κ2) is 12.7. The molecule has 1 nitrogen and oxygen atoms in total. The van der Waals surface area contributed by atoms with Gasteiger partial charge in [0.05, 0.1) is 0 Å². The Morgan fingerprint density at radius 3 is 1.75 bits per heavy atom. The van der Waals surface area contributed by atoms with Crippen molar-refractivity contribution < 1.29 is 0 Å². The van der Waals surface area contributed by atoms with Gasteiger partial charge in [-0.05, 0) is 0 Å². The molecule has 0 saturated heterocycles. The second-order valence-electron chi connectivity index (χ2n) is 6.22. The van der Waals surface area contributed by atoms with Crippen LogP contribution < -0.4 is 0 Å². The van der Waals surface area contributed by atoms with E-state index in [4.69, 9.17) is 0 Å². The summed E-state index contributed by atoms with van der Waals surface area (Å²) in [6.07, 6.45) is 12.1. The quantitative estimate of drug-likeness (QED) is 0.256. The molecule has 20 heavy (non-hydrogen) atoms. The number of hydrogen-bond donors (Lipinski definition) is 0. The number of unbranched alkanes of at least 4 members (excludes halogenated alkanes) is 3. The molecule has 2 heteroatoms. The van der Waals surface area contributed by atoms with Crippen LogP contribution in [-0.4, -0.2) is 18.4 Å². The maximum absolute atomic E-state index is 9.75. The Kier molecular flexibility index (Phi) is 12.8. The third kappa shape index (κ3) is 7.16. The van der Waals surface area contributed by atoms with Crippen molar-refractivity contribution in [1.82, 2.24) is 0 Å². The minimum absolute atomic E-state index is 0.423. The fraction of sp³-hybridized carbons (Fsp3) is 0.833. The fourth-order valence-corrected chi connectivity index (χ4v) is 20.5. The summed E-state index contributed by atoms with van der Waals surface area (Å²) in [6, 6.07) is 2.75. The molecule has 0 radical (unpaired) electrons. The fourth-order valence-electron chi connectivity index (χ4n) is 3.28. The van der Waals surface area contributed by atoms with Crippen molar-refractivity contribution >= 4 is 18.4 Å². The van der Waals surface area contributed by atoms with E-state index in [2.05, 4.69) is 33.4 Å². The summed E-state index contributed by atoms with van der Waals surface area (Å²) in [5, 5.41) is 9.75. The number of allylic oxidation sites excluding steroid dienone is 1. The molecule has 0 heterocycles. The van der Waals surface area contributed by atoms with E-state index in [0.717, 1.165) is 12.8 Å². The molecule has 0 aromatic rings. The minimum atomic E-state index is -2.30. The first-order valence-electron chi connectivity index (χ1n) is 8.71. The molecule has 116 valence electrons. The van der Waals surface area contributed by atoms with Crippen LogP contribution >= 0.6 is 0 Å². The third-order valence-corrected chi connectivity index (χ3v) is 21.6. The van der Waals surface area contributed by atoms with E-state index in [1.165, 1.54) is 51.8 Å². The Bertz CT molecular complexity index is 258. The van der Waals surface area contributed by atoms with Gasteiger partial charge in [0.25, 0.3) is 0 Å². The number of nitriles is 1. The Morgan fingerprint density at radius 1 is 1.00 bits per heavy atom. The second-order valence-corrected chi connectivity index (χ2v) is 20.3. The molecule has 0 aliphatic rings. The summed E-state index contributed by atoms with van der Waals surface area (Å²) in [7, 11) is 0. The number of rotatable bonds is 13. The SMILES string of the molecule is C=CCC[CH](C#N)[Sn]([CH2]CCC)([CH2]CCC)[CH2]CCC. The van der Waals surface area contributed by atoms with E-state index in [1.807, 2.05) is 6.08 Å². The molecule has 0 amide bonds. The van der Waals surface area contributed by atoms with Gasteiger partial charge >= 0.3 is 132 Å². The van der Waals surface area contributed by atoms with Crippen LogP contribution in [0.4, 0.5) is 0 Å². The summed E-state index contributed by atoms with van der Waals surface area (Å²) in [4.78, 5) is 0. The van der Waals surface area contributed by atoms with E-state index in [1.54, 1.807) is 0 Å². The van der Waals surface area contributed by atoms with Gasteiger partial charge in [0.1, 0.15) is 0 Å². The maximum atomic E-state index is 9.75. The number of hydrogen-bond acceptors (Lipinski definition) is 1. The molecule has 1 atom stereocenters. The van der Waals surface area contributed by atoms with Crippen LogP contribution in [0.25, 0.3) is 0 Å². The Morgan fingerprint density at radius 2 is 1.45 bits per heavy atom. The number of nitrogens with zero attached hydrogens (tertiary/aromatic N) is 1. The molecule has 0 aromatic carbocycles. The molecule has 0 rings (SSSR count). The summed E-state index contributed by atoms with van der Waals surface area (Å²) in [5.41, 5.74) is 0. The molecule has 0 bridgehead atoms. The molecular formula is C18H35NSn. The van der Waals surface area contributed by atoms with Crippen molar-refractivity contribution in [3.8, 4) is 6.07 Å². The monoisotopic (exact) mass is 385 g/mol. The van der Waals surface area contributed by atoms with Gasteiger partial charge in [0.15, 0.2) is 0 Å². The van der Waals surface area contributed by atoms with Gasteiger partial charge in [-0.15, -0.1) is 0 Å². The van der Waals surface area contributed by atoms with Crippen LogP contribution in [-0.2, 0) is 0 Å². The van der Waals surface area contributed by atoms with Gasteiger partial charge in [-0.3, -0.25) is 0 Å². The van der Waals surface area contributed by atoms with Crippen LogP contribution in [0.2, 0.25) is 17.2 Å². The normalized spacial score (nSPS) is 12.9. The standard InChI is InChI=1S/C6H8N.3C4H9.Sn/c1-2-3-4-5-6-7;3*1-3-4-2;/h2,5H,1,3-4H2;3*1,3-4H2,2H3;. The molecule has 0 spiro atoms. The van der Waals surface area contributed by atoms with E-state index in [9.17, 15) is 5.26 Å². The van der Waals surface area contributed by atoms with E-state index in [-0.39, 0.29) is 0 Å². The van der Waals surface area contributed by atoms with E-state index >= 15 is 0 Å². The first-order chi connectivity index (χ1) is 9.70. The predicted molar refractivity (Wildman–Crippen MR) is 93.7 cm³/mol. The van der Waals surface area contributed by atoms with Crippen molar-refractivity contribution in [2.24, 2.45) is 0 Å². The zero-order valence-corrected chi connectivity index (χ0v) is 16.9. The molecule has 0 saturated carbocycles. The zero-order chi connectivity index (χ0) is 15.3. The topological polar surface area (TPSA) is 23.8 Å².